The van der Waals surface area contributed by atoms with E-state index in [2.05, 4.69) is 25.9 Å². The largest absolute Gasteiger partial charge is 0.493 e. The molecule has 0 aliphatic heterocycles. The van der Waals surface area contributed by atoms with Gasteiger partial charge in [-0.25, -0.2) is 4.98 Å². The molecule has 1 amide bonds. The van der Waals surface area contributed by atoms with E-state index in [1.54, 1.807) is 18.4 Å². The normalized spacial score (nSPS) is 10.2. The first-order valence-corrected chi connectivity index (χ1v) is 8.80. The number of primary amides is 1. The predicted octanol–water partition coefficient (Wildman–Crippen LogP) is 1.67. The quantitative estimate of drug-likeness (QED) is 0.532. The summed E-state index contributed by atoms with van der Waals surface area (Å²) in [5.41, 5.74) is 5.14. The van der Waals surface area contributed by atoms with Crippen molar-refractivity contribution in [3.63, 3.8) is 0 Å². The van der Waals surface area contributed by atoms with E-state index in [1.165, 1.54) is 18.9 Å². The van der Waals surface area contributed by atoms with E-state index in [-0.39, 0.29) is 23.6 Å². The number of ether oxygens (including phenoxy) is 2. The second-order valence-electron chi connectivity index (χ2n) is 4.66. The van der Waals surface area contributed by atoms with Crippen LogP contribution in [0.5, 0.6) is 11.5 Å². The molecule has 1 aromatic heterocycles. The van der Waals surface area contributed by atoms with Crippen molar-refractivity contribution in [3.05, 3.63) is 32.5 Å². The van der Waals surface area contributed by atoms with Gasteiger partial charge in [0.25, 0.3) is 11.5 Å². The molecule has 0 aliphatic rings. The summed E-state index contributed by atoms with van der Waals surface area (Å²) in [6, 6.07) is 5.04. The predicted molar refractivity (Wildman–Crippen MR) is 95.7 cm³/mol. The molecule has 0 saturated carbocycles. The smallest absolute Gasteiger partial charge is 0.270 e. The number of carbonyl (C=O) groups excluding carboxylic acids is 1. The van der Waals surface area contributed by atoms with Gasteiger partial charge in [-0.2, -0.15) is 5.26 Å². The van der Waals surface area contributed by atoms with Crippen molar-refractivity contribution in [1.29, 1.82) is 5.26 Å². The second kappa shape index (κ2) is 8.04. The van der Waals surface area contributed by atoms with Gasteiger partial charge in [0.15, 0.2) is 23.3 Å². The van der Waals surface area contributed by atoms with Crippen LogP contribution in [-0.4, -0.2) is 35.8 Å². The van der Waals surface area contributed by atoms with Gasteiger partial charge in [-0.05, 0) is 34.3 Å². The van der Waals surface area contributed by atoms with Gasteiger partial charge in [0.05, 0.1) is 17.3 Å². The molecule has 8 nitrogen and oxygen atoms in total. The number of nitriles is 1. The van der Waals surface area contributed by atoms with Crippen LogP contribution in [0.15, 0.2) is 26.6 Å². The van der Waals surface area contributed by atoms with Gasteiger partial charge >= 0.3 is 0 Å². The van der Waals surface area contributed by atoms with Crippen molar-refractivity contribution in [2.45, 2.75) is 5.16 Å². The van der Waals surface area contributed by atoms with Crippen molar-refractivity contribution >= 4 is 33.6 Å². The van der Waals surface area contributed by atoms with Gasteiger partial charge in [-0.1, -0.05) is 11.8 Å². The highest BCUT2D eigenvalue weighted by Crippen LogP contribution is 2.39. The Morgan fingerprint density at radius 1 is 1.52 bits per heavy atom. The van der Waals surface area contributed by atoms with E-state index in [1.807, 2.05) is 6.07 Å². The Balaban J connectivity index is 2.64. The number of nitrogens with one attached hydrogen (secondary N) is 1. The molecule has 0 atom stereocenters. The Bertz CT molecular complexity index is 923. The molecule has 0 bridgehead atoms. The maximum atomic E-state index is 12.1. The highest BCUT2D eigenvalue weighted by molar-refractivity contribution is 9.10. The van der Waals surface area contributed by atoms with Crippen molar-refractivity contribution in [1.82, 2.24) is 9.97 Å². The first-order valence-electron chi connectivity index (χ1n) is 6.78. The number of H-pyrrole nitrogens is 1. The lowest BCUT2D eigenvalue weighted by Gasteiger charge is -2.14. The number of halogens is 1. The number of rotatable bonds is 6. The number of benzene rings is 1. The van der Waals surface area contributed by atoms with Crippen LogP contribution >= 0.6 is 27.7 Å². The van der Waals surface area contributed by atoms with Crippen LogP contribution in [0.25, 0.3) is 11.3 Å². The number of methoxy groups -OCH3 is 1. The summed E-state index contributed by atoms with van der Waals surface area (Å²) in [6.07, 6.45) is 1.76. The number of thioether (sulfide) groups is 1. The lowest BCUT2D eigenvalue weighted by Crippen LogP contribution is -2.20. The first-order chi connectivity index (χ1) is 11.9. The standard InChI is InChI=1S/C15H13BrN4O4S/c1-23-10-4-7(3-9(16)13(10)24-6-11(18)21)12-8(5-17)14(22)20-15(19-12)25-2/h3-4H,6H2,1-2H3,(H2,18,21)(H,19,20,22). The fourth-order valence-electron chi connectivity index (χ4n) is 2.00. The average molecular weight is 425 g/mol. The van der Waals surface area contributed by atoms with Gasteiger partial charge in [0.2, 0.25) is 0 Å². The third-order valence-corrected chi connectivity index (χ3v) is 4.23. The van der Waals surface area contributed by atoms with E-state index in [0.29, 0.717) is 20.9 Å². The van der Waals surface area contributed by atoms with Crippen LogP contribution in [0.2, 0.25) is 0 Å². The van der Waals surface area contributed by atoms with Crippen LogP contribution < -0.4 is 20.8 Å². The zero-order valence-corrected chi connectivity index (χ0v) is 15.7. The van der Waals surface area contributed by atoms with Gasteiger partial charge in [-0.15, -0.1) is 0 Å². The molecule has 130 valence electrons. The summed E-state index contributed by atoms with van der Waals surface area (Å²) in [5.74, 6) is -0.0635. The van der Waals surface area contributed by atoms with Crippen molar-refractivity contribution in [3.8, 4) is 28.8 Å². The molecule has 0 fully saturated rings. The van der Waals surface area contributed by atoms with Crippen LogP contribution in [0.4, 0.5) is 0 Å². The fraction of sp³-hybridized carbons (Fsp3) is 0.200. The minimum absolute atomic E-state index is 0.113. The summed E-state index contributed by atoms with van der Waals surface area (Å²) in [7, 11) is 1.42. The van der Waals surface area contributed by atoms with E-state index < -0.39 is 11.5 Å². The maximum absolute atomic E-state index is 12.1. The summed E-state index contributed by atoms with van der Waals surface area (Å²) < 4.78 is 11.1. The number of aromatic amines is 1. The molecule has 25 heavy (non-hydrogen) atoms. The zero-order valence-electron chi connectivity index (χ0n) is 13.3. The molecule has 0 spiro atoms. The average Bonchev–Trinajstić information content (AvgIpc) is 2.58. The number of carbonyl (C=O) groups is 1. The summed E-state index contributed by atoms with van der Waals surface area (Å²) in [4.78, 5) is 29.8. The van der Waals surface area contributed by atoms with Crippen molar-refractivity contribution in [2.24, 2.45) is 5.73 Å². The second-order valence-corrected chi connectivity index (χ2v) is 6.30. The van der Waals surface area contributed by atoms with Gasteiger partial charge in [0.1, 0.15) is 11.6 Å². The lowest BCUT2D eigenvalue weighted by atomic mass is 10.1. The number of nitrogens with zero attached hydrogens (tertiary/aromatic N) is 2. The Morgan fingerprint density at radius 2 is 2.24 bits per heavy atom. The fourth-order valence-corrected chi connectivity index (χ4v) is 2.94. The monoisotopic (exact) mass is 424 g/mol. The molecule has 1 aromatic carbocycles. The van der Waals surface area contributed by atoms with E-state index in [4.69, 9.17) is 15.2 Å². The number of nitrogens with two attached hydrogens (primary N) is 1. The number of amides is 1. The van der Waals surface area contributed by atoms with Crippen LogP contribution in [-0.2, 0) is 4.79 Å². The molecular formula is C15H13BrN4O4S. The minimum Gasteiger partial charge on any atom is -0.493 e. The first kappa shape index (κ1) is 18.8. The molecule has 2 rings (SSSR count). The highest BCUT2D eigenvalue weighted by atomic mass is 79.9. The summed E-state index contributed by atoms with van der Waals surface area (Å²) >= 11 is 4.57. The molecule has 0 radical (unpaired) electrons. The van der Waals surface area contributed by atoms with Crippen LogP contribution in [0.1, 0.15) is 5.56 Å². The summed E-state index contributed by atoms with van der Waals surface area (Å²) in [5, 5.41) is 9.66. The number of hydrogen-bond donors (Lipinski definition) is 2. The van der Waals surface area contributed by atoms with Gasteiger partial charge < -0.3 is 20.2 Å². The molecule has 3 N–H and O–H groups in total. The van der Waals surface area contributed by atoms with E-state index >= 15 is 0 Å². The molecule has 2 aromatic rings. The van der Waals surface area contributed by atoms with Crippen molar-refractivity contribution < 1.29 is 14.3 Å². The number of aromatic nitrogens is 2. The highest BCUT2D eigenvalue weighted by Gasteiger charge is 2.18. The molecule has 0 saturated heterocycles. The summed E-state index contributed by atoms with van der Waals surface area (Å²) in [6.45, 7) is -0.322. The minimum atomic E-state index is -0.634. The van der Waals surface area contributed by atoms with Gasteiger partial charge in [-0.3, -0.25) is 9.59 Å². The molecule has 0 unspecified atom stereocenters. The van der Waals surface area contributed by atoms with Crippen LogP contribution in [0.3, 0.4) is 0 Å². The van der Waals surface area contributed by atoms with E-state index in [9.17, 15) is 14.9 Å². The molecule has 10 heteroatoms. The Morgan fingerprint density at radius 3 is 2.80 bits per heavy atom. The Labute approximate surface area is 155 Å². The SMILES string of the molecule is COc1cc(-c2nc(SC)[nH]c(=O)c2C#N)cc(Br)c1OCC(N)=O. The zero-order chi connectivity index (χ0) is 18.6. The number of hydrogen-bond acceptors (Lipinski definition) is 7. The molecular weight excluding hydrogens is 412 g/mol. The lowest BCUT2D eigenvalue weighted by molar-refractivity contribution is -0.119. The topological polar surface area (TPSA) is 131 Å². The third-order valence-electron chi connectivity index (χ3n) is 3.06. The Hall–Kier alpha value is -2.51. The molecule has 1 heterocycles. The molecule has 0 aliphatic carbocycles. The maximum Gasteiger partial charge on any atom is 0.270 e. The third kappa shape index (κ3) is 4.12. The Kier molecular flexibility index (Phi) is 6.06. The van der Waals surface area contributed by atoms with Gasteiger partial charge in [0, 0.05) is 5.56 Å². The van der Waals surface area contributed by atoms with Crippen molar-refractivity contribution in [2.75, 3.05) is 20.0 Å². The van der Waals surface area contributed by atoms with E-state index in [0.717, 1.165) is 0 Å². The van der Waals surface area contributed by atoms with Crippen LogP contribution in [0, 0.1) is 11.3 Å².